The Labute approximate surface area is 139 Å². The summed E-state index contributed by atoms with van der Waals surface area (Å²) in [4.78, 5) is 21.0. The molecule has 0 aliphatic rings. The van der Waals surface area contributed by atoms with Gasteiger partial charge in [-0.3, -0.25) is 14.9 Å². The quantitative estimate of drug-likeness (QED) is 0.721. The van der Waals surface area contributed by atoms with Crippen LogP contribution >= 0.6 is 0 Å². The van der Waals surface area contributed by atoms with Crippen molar-refractivity contribution in [2.75, 3.05) is 0 Å². The number of carbonyl (C=O) groups is 1. The van der Waals surface area contributed by atoms with Crippen molar-refractivity contribution in [3.63, 3.8) is 0 Å². The Morgan fingerprint density at radius 1 is 1.29 bits per heavy atom. The second-order valence-corrected chi connectivity index (χ2v) is 5.25. The number of amides is 1. The van der Waals surface area contributed by atoms with Gasteiger partial charge in [0.05, 0.1) is 11.7 Å². The van der Waals surface area contributed by atoms with E-state index < -0.39 is 0 Å². The highest BCUT2D eigenvalue weighted by atomic mass is 16.2. The molecule has 1 amide bonds. The van der Waals surface area contributed by atoms with Gasteiger partial charge >= 0.3 is 0 Å². The van der Waals surface area contributed by atoms with Crippen molar-refractivity contribution in [2.24, 2.45) is 0 Å². The van der Waals surface area contributed by atoms with E-state index in [1.165, 1.54) is 6.33 Å². The van der Waals surface area contributed by atoms with E-state index >= 15 is 0 Å². The van der Waals surface area contributed by atoms with Gasteiger partial charge in [0.2, 0.25) is 0 Å². The predicted octanol–water partition coefficient (Wildman–Crippen LogP) is 1.96. The minimum absolute atomic E-state index is 0.207. The zero-order valence-corrected chi connectivity index (χ0v) is 13.6. The van der Waals surface area contributed by atoms with Gasteiger partial charge in [-0.25, -0.2) is 9.67 Å². The maximum absolute atomic E-state index is 12.5. The molecule has 24 heavy (non-hydrogen) atoms. The van der Waals surface area contributed by atoms with Crippen molar-refractivity contribution in [2.45, 2.75) is 32.9 Å². The summed E-state index contributed by atoms with van der Waals surface area (Å²) in [5, 5.41) is 14.0. The normalized spacial score (nSPS) is 12.1. The lowest BCUT2D eigenvalue weighted by Gasteiger charge is -2.16. The van der Waals surface area contributed by atoms with Crippen molar-refractivity contribution >= 4 is 5.91 Å². The van der Waals surface area contributed by atoms with Crippen molar-refractivity contribution in [3.05, 3.63) is 48.3 Å². The summed E-state index contributed by atoms with van der Waals surface area (Å²) >= 11 is 0. The molecule has 3 heterocycles. The van der Waals surface area contributed by atoms with Gasteiger partial charge in [-0.05, 0) is 31.5 Å². The summed E-state index contributed by atoms with van der Waals surface area (Å²) in [7, 11) is 0. The average Bonchev–Trinajstić information content (AvgIpc) is 3.29. The van der Waals surface area contributed by atoms with Crippen molar-refractivity contribution < 1.29 is 4.79 Å². The van der Waals surface area contributed by atoms with Gasteiger partial charge in [0.25, 0.3) is 5.91 Å². The fourth-order valence-electron chi connectivity index (χ4n) is 2.46. The Morgan fingerprint density at radius 3 is 2.88 bits per heavy atom. The molecule has 3 aromatic rings. The lowest BCUT2D eigenvalue weighted by atomic mass is 10.2. The standard InChI is InChI=1S/C16H19N7O/c1-3-11(15-18-10-19-23(15)4-2)20-16(24)14-9-13(21-22-14)12-7-5-6-8-17-12/h5-11H,3-4H2,1-2H3,(H,20,24)(H,21,22)/t11-/m0/s1. The first kappa shape index (κ1) is 15.9. The molecule has 0 saturated carbocycles. The lowest BCUT2D eigenvalue weighted by Crippen LogP contribution is -2.30. The Bertz CT molecular complexity index is 809. The second-order valence-electron chi connectivity index (χ2n) is 5.25. The van der Waals surface area contributed by atoms with Crippen LogP contribution in [-0.2, 0) is 6.54 Å². The maximum atomic E-state index is 12.5. The number of rotatable bonds is 6. The molecule has 0 aliphatic heterocycles. The van der Waals surface area contributed by atoms with Gasteiger partial charge in [-0.15, -0.1) is 0 Å². The Balaban J connectivity index is 1.76. The van der Waals surface area contributed by atoms with E-state index in [-0.39, 0.29) is 11.9 Å². The minimum Gasteiger partial charge on any atom is -0.341 e. The summed E-state index contributed by atoms with van der Waals surface area (Å²) < 4.78 is 1.78. The van der Waals surface area contributed by atoms with Crippen LogP contribution in [-0.4, -0.2) is 35.9 Å². The molecule has 0 bridgehead atoms. The highest BCUT2D eigenvalue weighted by Crippen LogP contribution is 2.17. The Kier molecular flexibility index (Phi) is 4.64. The van der Waals surface area contributed by atoms with E-state index in [0.29, 0.717) is 30.0 Å². The summed E-state index contributed by atoms with van der Waals surface area (Å²) in [5.74, 6) is 0.514. The highest BCUT2D eigenvalue weighted by Gasteiger charge is 2.20. The molecular weight excluding hydrogens is 306 g/mol. The maximum Gasteiger partial charge on any atom is 0.269 e. The van der Waals surface area contributed by atoms with Crippen LogP contribution < -0.4 is 5.32 Å². The van der Waals surface area contributed by atoms with Crippen LogP contribution in [0.4, 0.5) is 0 Å². The number of carbonyl (C=O) groups excluding carboxylic acids is 1. The van der Waals surface area contributed by atoms with E-state index in [0.717, 1.165) is 5.82 Å². The molecule has 0 radical (unpaired) electrons. The third-order valence-corrected chi connectivity index (χ3v) is 3.72. The molecule has 8 heteroatoms. The van der Waals surface area contributed by atoms with Crippen molar-refractivity contribution in [1.82, 2.24) is 35.3 Å². The van der Waals surface area contributed by atoms with Gasteiger partial charge < -0.3 is 5.32 Å². The number of nitrogens with one attached hydrogen (secondary N) is 2. The average molecular weight is 325 g/mol. The first-order valence-corrected chi connectivity index (χ1v) is 7.88. The number of aromatic nitrogens is 6. The zero-order chi connectivity index (χ0) is 16.9. The molecule has 0 aliphatic carbocycles. The molecule has 0 saturated heterocycles. The van der Waals surface area contributed by atoms with E-state index in [4.69, 9.17) is 0 Å². The Hall–Kier alpha value is -3.03. The smallest absolute Gasteiger partial charge is 0.269 e. The van der Waals surface area contributed by atoms with Gasteiger partial charge in [0, 0.05) is 12.7 Å². The molecular formula is C16H19N7O. The SMILES string of the molecule is CC[C@H](NC(=O)c1cc(-c2ccccn2)n[nH]1)c1ncnn1CC. The first-order chi connectivity index (χ1) is 11.7. The number of hydrogen-bond acceptors (Lipinski definition) is 5. The summed E-state index contributed by atoms with van der Waals surface area (Å²) in [5.41, 5.74) is 1.73. The number of pyridine rings is 1. The Morgan fingerprint density at radius 2 is 2.17 bits per heavy atom. The molecule has 0 aromatic carbocycles. The fourth-order valence-corrected chi connectivity index (χ4v) is 2.46. The molecule has 2 N–H and O–H groups in total. The van der Waals surface area contributed by atoms with Crippen LogP contribution in [0, 0.1) is 0 Å². The van der Waals surface area contributed by atoms with E-state index in [2.05, 4.69) is 30.6 Å². The topological polar surface area (TPSA) is 101 Å². The number of aryl methyl sites for hydroxylation is 1. The molecule has 0 unspecified atom stereocenters. The van der Waals surface area contributed by atoms with E-state index in [1.54, 1.807) is 16.9 Å². The molecule has 3 aromatic heterocycles. The summed E-state index contributed by atoms with van der Waals surface area (Å²) in [6, 6.07) is 7.04. The van der Waals surface area contributed by atoms with Crippen molar-refractivity contribution in [3.8, 4) is 11.4 Å². The number of nitrogens with zero attached hydrogens (tertiary/aromatic N) is 5. The van der Waals surface area contributed by atoms with E-state index in [9.17, 15) is 4.79 Å². The molecule has 8 nitrogen and oxygen atoms in total. The van der Waals surface area contributed by atoms with Gasteiger partial charge in [0.15, 0.2) is 0 Å². The zero-order valence-electron chi connectivity index (χ0n) is 13.6. The van der Waals surface area contributed by atoms with Crippen LogP contribution in [0.2, 0.25) is 0 Å². The van der Waals surface area contributed by atoms with Gasteiger partial charge in [-0.1, -0.05) is 13.0 Å². The van der Waals surface area contributed by atoms with Gasteiger partial charge in [-0.2, -0.15) is 10.2 Å². The first-order valence-electron chi connectivity index (χ1n) is 7.88. The summed E-state index contributed by atoms with van der Waals surface area (Å²) in [6.07, 6.45) is 3.91. The van der Waals surface area contributed by atoms with Gasteiger partial charge in [0.1, 0.15) is 23.5 Å². The van der Waals surface area contributed by atoms with Crippen molar-refractivity contribution in [1.29, 1.82) is 0 Å². The monoisotopic (exact) mass is 325 g/mol. The predicted molar refractivity (Wildman–Crippen MR) is 88.0 cm³/mol. The van der Waals surface area contributed by atoms with Crippen LogP contribution in [0.15, 0.2) is 36.8 Å². The van der Waals surface area contributed by atoms with Crippen LogP contribution in [0.5, 0.6) is 0 Å². The van der Waals surface area contributed by atoms with E-state index in [1.807, 2.05) is 32.0 Å². The molecule has 0 fully saturated rings. The lowest BCUT2D eigenvalue weighted by molar-refractivity contribution is 0.0927. The van der Waals surface area contributed by atoms with Crippen LogP contribution in [0.3, 0.4) is 0 Å². The minimum atomic E-state index is -0.234. The largest absolute Gasteiger partial charge is 0.341 e. The number of hydrogen-bond donors (Lipinski definition) is 2. The highest BCUT2D eigenvalue weighted by molar-refractivity contribution is 5.93. The number of H-pyrrole nitrogens is 1. The summed E-state index contributed by atoms with van der Waals surface area (Å²) in [6.45, 7) is 4.68. The molecule has 0 spiro atoms. The van der Waals surface area contributed by atoms with Crippen LogP contribution in [0.1, 0.15) is 42.6 Å². The molecule has 3 rings (SSSR count). The molecule has 1 atom stereocenters. The number of aromatic amines is 1. The second kappa shape index (κ2) is 7.03. The third-order valence-electron chi connectivity index (χ3n) is 3.72. The third kappa shape index (κ3) is 3.17. The fraction of sp³-hybridized carbons (Fsp3) is 0.312. The molecule has 124 valence electrons. The van der Waals surface area contributed by atoms with Crippen LogP contribution in [0.25, 0.3) is 11.4 Å².